The van der Waals surface area contributed by atoms with Gasteiger partial charge in [-0.25, -0.2) is 13.8 Å². The van der Waals surface area contributed by atoms with Crippen LogP contribution in [0.2, 0.25) is 0 Å². The number of anilines is 2. The monoisotopic (exact) mass is 435 g/mol. The first-order chi connectivity index (χ1) is 14.3. The number of aryl methyl sites for hydroxylation is 1. The van der Waals surface area contributed by atoms with Crippen LogP contribution in [0, 0.1) is 17.6 Å². The van der Waals surface area contributed by atoms with E-state index in [1.807, 2.05) is 6.92 Å². The molecule has 158 valence electrons. The first-order valence-electron chi connectivity index (χ1n) is 9.12. The molecular weight excluding hydrogens is 416 g/mol. The van der Waals surface area contributed by atoms with Crippen molar-refractivity contribution in [2.45, 2.75) is 13.2 Å². The van der Waals surface area contributed by atoms with Crippen LogP contribution >= 0.6 is 11.3 Å². The number of nitrogens with two attached hydrogens (primary N) is 1. The van der Waals surface area contributed by atoms with Crippen molar-refractivity contribution >= 4 is 27.9 Å². The molecule has 3 aromatic rings. The Bertz CT molecular complexity index is 1070. The number of aromatic nitrogens is 3. The molecule has 8 nitrogen and oxygen atoms in total. The third-order valence-electron chi connectivity index (χ3n) is 4.57. The maximum Gasteiger partial charge on any atom is 0.277 e. The van der Waals surface area contributed by atoms with Gasteiger partial charge in [0.25, 0.3) is 5.91 Å². The summed E-state index contributed by atoms with van der Waals surface area (Å²) in [7, 11) is 1.70. The quantitative estimate of drug-likeness (QED) is 0.651. The maximum atomic E-state index is 14.1. The highest BCUT2D eigenvalue weighted by atomic mass is 32.1. The van der Waals surface area contributed by atoms with Crippen LogP contribution in [0.1, 0.15) is 29.4 Å². The Morgan fingerprint density at radius 1 is 1.30 bits per heavy atom. The number of halogens is 2. The van der Waals surface area contributed by atoms with Crippen molar-refractivity contribution in [1.82, 2.24) is 14.8 Å². The Hall–Kier alpha value is -2.89. The van der Waals surface area contributed by atoms with Gasteiger partial charge in [-0.2, -0.15) is 5.10 Å². The first-order valence-corrected chi connectivity index (χ1v) is 9.94. The number of benzene rings is 1. The average molecular weight is 435 g/mol. The second kappa shape index (κ2) is 8.09. The molecule has 1 aliphatic heterocycles. The van der Waals surface area contributed by atoms with E-state index in [0.29, 0.717) is 24.6 Å². The molecule has 11 heteroatoms. The first kappa shape index (κ1) is 20.4. The SMILES string of the molecule is CC1COC(c2c(NC(=O)c3nc(-c4c(F)cccc4F)sc3N)cnn2C)OC1. The molecule has 0 atom stereocenters. The van der Waals surface area contributed by atoms with Crippen molar-refractivity contribution in [3.05, 3.63) is 47.4 Å². The van der Waals surface area contributed by atoms with Crippen molar-refractivity contribution in [3.63, 3.8) is 0 Å². The van der Waals surface area contributed by atoms with E-state index >= 15 is 0 Å². The number of carbonyl (C=O) groups excluding carboxylic acids is 1. The van der Waals surface area contributed by atoms with Crippen molar-refractivity contribution in [3.8, 4) is 10.6 Å². The van der Waals surface area contributed by atoms with Crippen LogP contribution in [0.5, 0.6) is 0 Å². The summed E-state index contributed by atoms with van der Waals surface area (Å²) in [6, 6.07) is 3.48. The van der Waals surface area contributed by atoms with Gasteiger partial charge in [-0.15, -0.1) is 0 Å². The smallest absolute Gasteiger partial charge is 0.277 e. The summed E-state index contributed by atoms with van der Waals surface area (Å²) < 4.78 is 41.1. The number of nitrogens with one attached hydrogen (secondary N) is 1. The van der Waals surface area contributed by atoms with Crippen LogP contribution in [0.4, 0.5) is 19.5 Å². The van der Waals surface area contributed by atoms with E-state index in [2.05, 4.69) is 15.4 Å². The zero-order chi connectivity index (χ0) is 21.4. The zero-order valence-corrected chi connectivity index (χ0v) is 17.0. The van der Waals surface area contributed by atoms with Crippen LogP contribution in [0.15, 0.2) is 24.4 Å². The van der Waals surface area contributed by atoms with Gasteiger partial charge in [0.05, 0.1) is 30.7 Å². The third kappa shape index (κ3) is 3.78. The molecule has 1 fully saturated rings. The topological polar surface area (TPSA) is 104 Å². The van der Waals surface area contributed by atoms with Gasteiger partial charge in [-0.05, 0) is 12.1 Å². The number of nitrogens with zero attached hydrogens (tertiary/aromatic N) is 3. The number of thiazole rings is 1. The molecule has 0 aliphatic carbocycles. The fraction of sp³-hybridized carbons (Fsp3) is 0.316. The minimum Gasteiger partial charge on any atom is -0.389 e. The minimum atomic E-state index is -0.786. The highest BCUT2D eigenvalue weighted by molar-refractivity contribution is 7.19. The fourth-order valence-corrected chi connectivity index (χ4v) is 3.94. The van der Waals surface area contributed by atoms with Gasteiger partial charge in [0.15, 0.2) is 5.69 Å². The molecule has 1 aromatic carbocycles. The summed E-state index contributed by atoms with van der Waals surface area (Å²) in [5.41, 5.74) is 6.36. The van der Waals surface area contributed by atoms with Gasteiger partial charge in [0.1, 0.15) is 27.3 Å². The maximum absolute atomic E-state index is 14.1. The van der Waals surface area contributed by atoms with Crippen LogP contribution in [-0.2, 0) is 16.5 Å². The number of rotatable bonds is 4. The number of amides is 1. The van der Waals surface area contributed by atoms with Gasteiger partial charge in [-0.3, -0.25) is 9.48 Å². The van der Waals surface area contributed by atoms with Crippen LogP contribution in [0.25, 0.3) is 10.6 Å². The van der Waals surface area contributed by atoms with Gasteiger partial charge in [0, 0.05) is 13.0 Å². The lowest BCUT2D eigenvalue weighted by Crippen LogP contribution is -2.27. The minimum absolute atomic E-state index is 0.0207. The Balaban J connectivity index is 1.60. The third-order valence-corrected chi connectivity index (χ3v) is 5.47. The van der Waals surface area contributed by atoms with Gasteiger partial charge < -0.3 is 20.5 Å². The summed E-state index contributed by atoms with van der Waals surface area (Å²) in [5, 5.41) is 6.85. The normalized spacial score (nSPS) is 19.1. The number of nitrogen functional groups attached to an aromatic ring is 1. The predicted octanol–water partition coefficient (Wildman–Crippen LogP) is 3.34. The number of carbonyl (C=O) groups is 1. The molecule has 4 rings (SSSR count). The lowest BCUT2D eigenvalue weighted by atomic mass is 10.2. The summed E-state index contributed by atoms with van der Waals surface area (Å²) in [6.07, 6.45) is 0.776. The largest absolute Gasteiger partial charge is 0.389 e. The van der Waals surface area contributed by atoms with Crippen molar-refractivity contribution in [2.75, 3.05) is 24.3 Å². The predicted molar refractivity (Wildman–Crippen MR) is 107 cm³/mol. The van der Waals surface area contributed by atoms with Crippen LogP contribution in [-0.4, -0.2) is 33.9 Å². The van der Waals surface area contributed by atoms with Crippen molar-refractivity contribution < 1.29 is 23.0 Å². The van der Waals surface area contributed by atoms with Crippen molar-refractivity contribution in [1.29, 1.82) is 0 Å². The van der Waals surface area contributed by atoms with E-state index in [1.165, 1.54) is 12.3 Å². The lowest BCUT2D eigenvalue weighted by Gasteiger charge is -2.28. The summed E-state index contributed by atoms with van der Waals surface area (Å²) in [6.45, 7) is 3.03. The van der Waals surface area contributed by atoms with Crippen LogP contribution < -0.4 is 11.1 Å². The second-order valence-electron chi connectivity index (χ2n) is 6.95. The lowest BCUT2D eigenvalue weighted by molar-refractivity contribution is -0.205. The molecule has 0 saturated carbocycles. The Labute approximate surface area is 174 Å². The van der Waals surface area contributed by atoms with Gasteiger partial charge >= 0.3 is 0 Å². The van der Waals surface area contributed by atoms with E-state index in [4.69, 9.17) is 15.2 Å². The molecule has 0 bridgehead atoms. The van der Waals surface area contributed by atoms with E-state index in [9.17, 15) is 13.6 Å². The Morgan fingerprint density at radius 3 is 2.63 bits per heavy atom. The number of hydrogen-bond acceptors (Lipinski definition) is 7. The second-order valence-corrected chi connectivity index (χ2v) is 7.98. The van der Waals surface area contributed by atoms with Crippen LogP contribution in [0.3, 0.4) is 0 Å². The Morgan fingerprint density at radius 2 is 1.97 bits per heavy atom. The van der Waals surface area contributed by atoms with Gasteiger partial charge in [0.2, 0.25) is 6.29 Å². The van der Waals surface area contributed by atoms with E-state index in [0.717, 1.165) is 23.5 Å². The molecule has 1 aliphatic rings. The number of ether oxygens (including phenoxy) is 2. The molecule has 3 heterocycles. The highest BCUT2D eigenvalue weighted by Gasteiger charge is 2.28. The summed E-state index contributed by atoms with van der Waals surface area (Å²) in [4.78, 5) is 16.9. The standard InChI is InChI=1S/C19H19F2N5O3S/c1-9-7-28-19(29-8-9)15-12(6-23-26(15)2)24-17(27)14-16(22)30-18(25-14)13-10(20)4-3-5-11(13)21/h3-6,9,19H,7-8,22H2,1-2H3,(H,24,27). The Kier molecular flexibility index (Phi) is 5.50. The molecule has 30 heavy (non-hydrogen) atoms. The molecule has 0 unspecified atom stereocenters. The highest BCUT2D eigenvalue weighted by Crippen LogP contribution is 2.35. The molecule has 3 N–H and O–H groups in total. The molecule has 1 saturated heterocycles. The van der Waals surface area contributed by atoms with E-state index in [-0.39, 0.29) is 27.2 Å². The zero-order valence-electron chi connectivity index (χ0n) is 16.2. The molecule has 1 amide bonds. The molecular formula is C19H19F2N5O3S. The summed E-state index contributed by atoms with van der Waals surface area (Å²) in [5.74, 6) is -1.94. The molecule has 0 radical (unpaired) electrons. The van der Waals surface area contributed by atoms with Gasteiger partial charge in [-0.1, -0.05) is 24.3 Å². The van der Waals surface area contributed by atoms with E-state index in [1.54, 1.807) is 11.7 Å². The molecule has 2 aromatic heterocycles. The molecule has 0 spiro atoms. The number of hydrogen-bond donors (Lipinski definition) is 2. The fourth-order valence-electron chi connectivity index (χ4n) is 3.07. The average Bonchev–Trinajstić information content (AvgIpc) is 3.25. The van der Waals surface area contributed by atoms with E-state index < -0.39 is 23.8 Å². The van der Waals surface area contributed by atoms with Crippen molar-refractivity contribution in [2.24, 2.45) is 13.0 Å². The summed E-state index contributed by atoms with van der Waals surface area (Å²) >= 11 is 0.828.